The van der Waals surface area contributed by atoms with E-state index in [4.69, 9.17) is 5.73 Å². The summed E-state index contributed by atoms with van der Waals surface area (Å²) < 4.78 is 0. The van der Waals surface area contributed by atoms with E-state index in [1.807, 2.05) is 13.8 Å². The SMILES string of the molecule is Cc1nc(N)c(C)c(CC(C)C)n1. The lowest BCUT2D eigenvalue weighted by Gasteiger charge is -2.09. The van der Waals surface area contributed by atoms with Gasteiger partial charge in [-0.05, 0) is 26.2 Å². The molecule has 0 aromatic carbocycles. The molecule has 3 heteroatoms. The highest BCUT2D eigenvalue weighted by Crippen LogP contribution is 2.15. The topological polar surface area (TPSA) is 51.8 Å². The fraction of sp³-hybridized carbons (Fsp3) is 0.600. The van der Waals surface area contributed by atoms with E-state index < -0.39 is 0 Å². The van der Waals surface area contributed by atoms with Gasteiger partial charge in [0.25, 0.3) is 0 Å². The van der Waals surface area contributed by atoms with Crippen LogP contribution in [0.15, 0.2) is 0 Å². The molecule has 0 radical (unpaired) electrons. The predicted octanol–water partition coefficient (Wildman–Crippen LogP) is 1.87. The summed E-state index contributed by atoms with van der Waals surface area (Å²) in [6.45, 7) is 8.20. The minimum atomic E-state index is 0.604. The highest BCUT2D eigenvalue weighted by atomic mass is 14.9. The first-order valence-corrected chi connectivity index (χ1v) is 4.60. The van der Waals surface area contributed by atoms with Crippen molar-refractivity contribution in [3.05, 3.63) is 17.1 Å². The second-order valence-electron chi connectivity index (χ2n) is 3.83. The van der Waals surface area contributed by atoms with E-state index in [9.17, 15) is 0 Å². The van der Waals surface area contributed by atoms with Crippen molar-refractivity contribution in [1.82, 2.24) is 9.97 Å². The predicted molar refractivity (Wildman–Crippen MR) is 54.5 cm³/mol. The number of anilines is 1. The van der Waals surface area contributed by atoms with Gasteiger partial charge < -0.3 is 5.73 Å². The van der Waals surface area contributed by atoms with Crippen LogP contribution in [0.4, 0.5) is 5.82 Å². The minimum Gasteiger partial charge on any atom is -0.383 e. The molecule has 1 heterocycles. The average molecular weight is 179 g/mol. The van der Waals surface area contributed by atoms with Crippen LogP contribution in [0, 0.1) is 19.8 Å². The Balaban J connectivity index is 3.05. The fourth-order valence-corrected chi connectivity index (χ4v) is 1.30. The Morgan fingerprint density at radius 2 is 1.85 bits per heavy atom. The first kappa shape index (κ1) is 9.96. The number of nitrogen functional groups attached to an aromatic ring is 1. The summed E-state index contributed by atoms with van der Waals surface area (Å²) in [7, 11) is 0. The van der Waals surface area contributed by atoms with Gasteiger partial charge in [-0.25, -0.2) is 9.97 Å². The lowest BCUT2D eigenvalue weighted by Crippen LogP contribution is -2.07. The highest BCUT2D eigenvalue weighted by molar-refractivity contribution is 5.41. The van der Waals surface area contributed by atoms with Crippen LogP contribution < -0.4 is 5.73 Å². The van der Waals surface area contributed by atoms with Crippen LogP contribution in [0.5, 0.6) is 0 Å². The summed E-state index contributed by atoms with van der Waals surface area (Å²) in [5.74, 6) is 1.98. The maximum Gasteiger partial charge on any atom is 0.130 e. The number of nitrogens with two attached hydrogens (primary N) is 1. The van der Waals surface area contributed by atoms with Gasteiger partial charge in [0.1, 0.15) is 11.6 Å². The number of aromatic nitrogens is 2. The van der Waals surface area contributed by atoms with E-state index in [2.05, 4.69) is 23.8 Å². The first-order valence-electron chi connectivity index (χ1n) is 4.60. The van der Waals surface area contributed by atoms with Gasteiger partial charge in [-0.3, -0.25) is 0 Å². The van der Waals surface area contributed by atoms with Crippen LogP contribution in [0.2, 0.25) is 0 Å². The molecule has 1 rings (SSSR count). The third-order valence-corrected chi connectivity index (χ3v) is 2.00. The van der Waals surface area contributed by atoms with E-state index >= 15 is 0 Å². The lowest BCUT2D eigenvalue weighted by atomic mass is 10.0. The maximum atomic E-state index is 5.75. The normalized spacial score (nSPS) is 10.8. The van der Waals surface area contributed by atoms with Gasteiger partial charge in [0.05, 0.1) is 0 Å². The molecule has 0 fully saturated rings. The van der Waals surface area contributed by atoms with Crippen molar-refractivity contribution in [2.75, 3.05) is 5.73 Å². The van der Waals surface area contributed by atoms with Gasteiger partial charge in [0.2, 0.25) is 0 Å². The minimum absolute atomic E-state index is 0.604. The molecular weight excluding hydrogens is 162 g/mol. The summed E-state index contributed by atoms with van der Waals surface area (Å²) in [6.07, 6.45) is 0.972. The molecule has 13 heavy (non-hydrogen) atoms. The van der Waals surface area contributed by atoms with Gasteiger partial charge in [-0.2, -0.15) is 0 Å². The van der Waals surface area contributed by atoms with E-state index in [-0.39, 0.29) is 0 Å². The Labute approximate surface area is 79.4 Å². The Bertz CT molecular complexity index is 305. The molecule has 0 aliphatic carbocycles. The van der Waals surface area contributed by atoms with Crippen molar-refractivity contribution >= 4 is 5.82 Å². The first-order chi connectivity index (χ1) is 6.00. The second kappa shape index (κ2) is 3.73. The molecule has 1 aromatic rings. The molecule has 0 spiro atoms. The quantitative estimate of drug-likeness (QED) is 0.754. The molecule has 72 valence electrons. The van der Waals surface area contributed by atoms with Crippen molar-refractivity contribution in [1.29, 1.82) is 0 Å². The number of rotatable bonds is 2. The molecule has 0 aliphatic heterocycles. The van der Waals surface area contributed by atoms with Gasteiger partial charge in [-0.15, -0.1) is 0 Å². The van der Waals surface area contributed by atoms with Crippen molar-refractivity contribution < 1.29 is 0 Å². The Kier molecular flexibility index (Phi) is 2.86. The largest absolute Gasteiger partial charge is 0.383 e. The van der Waals surface area contributed by atoms with Gasteiger partial charge in [-0.1, -0.05) is 13.8 Å². The van der Waals surface area contributed by atoms with E-state index in [0.29, 0.717) is 11.7 Å². The molecule has 2 N–H and O–H groups in total. The van der Waals surface area contributed by atoms with Crippen molar-refractivity contribution in [3.63, 3.8) is 0 Å². The molecule has 0 bridgehead atoms. The summed E-state index contributed by atoms with van der Waals surface area (Å²) in [5, 5.41) is 0. The molecule has 0 unspecified atom stereocenters. The smallest absolute Gasteiger partial charge is 0.130 e. The van der Waals surface area contributed by atoms with Crippen LogP contribution >= 0.6 is 0 Å². The molecule has 0 saturated heterocycles. The summed E-state index contributed by atoms with van der Waals surface area (Å²) in [4.78, 5) is 8.49. The van der Waals surface area contributed by atoms with E-state index in [1.54, 1.807) is 0 Å². The number of hydrogen-bond acceptors (Lipinski definition) is 3. The monoisotopic (exact) mass is 179 g/mol. The van der Waals surface area contributed by atoms with Crippen LogP contribution in [0.3, 0.4) is 0 Å². The Morgan fingerprint density at radius 1 is 1.23 bits per heavy atom. The van der Waals surface area contributed by atoms with Crippen molar-refractivity contribution in [2.24, 2.45) is 5.92 Å². The molecule has 0 atom stereocenters. The Morgan fingerprint density at radius 3 is 2.38 bits per heavy atom. The zero-order valence-corrected chi connectivity index (χ0v) is 8.76. The maximum absolute atomic E-state index is 5.75. The third kappa shape index (κ3) is 2.41. The number of nitrogens with zero attached hydrogens (tertiary/aromatic N) is 2. The van der Waals surface area contributed by atoms with Crippen LogP contribution in [-0.2, 0) is 6.42 Å². The lowest BCUT2D eigenvalue weighted by molar-refractivity contribution is 0.629. The Hall–Kier alpha value is -1.12. The van der Waals surface area contributed by atoms with Crippen molar-refractivity contribution in [2.45, 2.75) is 34.1 Å². The third-order valence-electron chi connectivity index (χ3n) is 2.00. The van der Waals surface area contributed by atoms with Gasteiger partial charge in [0, 0.05) is 11.3 Å². The summed E-state index contributed by atoms with van der Waals surface area (Å²) >= 11 is 0. The molecule has 0 aliphatic rings. The average Bonchev–Trinajstić information content (AvgIpc) is 1.98. The zero-order valence-electron chi connectivity index (χ0n) is 8.76. The number of aryl methyl sites for hydroxylation is 1. The highest BCUT2D eigenvalue weighted by Gasteiger charge is 2.07. The fourth-order valence-electron chi connectivity index (χ4n) is 1.30. The molecular formula is C10H17N3. The van der Waals surface area contributed by atoms with Crippen molar-refractivity contribution in [3.8, 4) is 0 Å². The zero-order chi connectivity index (χ0) is 10.0. The van der Waals surface area contributed by atoms with Crippen LogP contribution in [0.1, 0.15) is 30.9 Å². The summed E-state index contributed by atoms with van der Waals surface area (Å²) in [6, 6.07) is 0. The van der Waals surface area contributed by atoms with E-state index in [1.165, 1.54) is 0 Å². The van der Waals surface area contributed by atoms with Crippen LogP contribution in [-0.4, -0.2) is 9.97 Å². The van der Waals surface area contributed by atoms with Gasteiger partial charge in [0.15, 0.2) is 0 Å². The van der Waals surface area contributed by atoms with E-state index in [0.717, 1.165) is 23.5 Å². The molecule has 0 saturated carbocycles. The molecule has 3 nitrogen and oxygen atoms in total. The summed E-state index contributed by atoms with van der Waals surface area (Å²) in [5.41, 5.74) is 7.86. The second-order valence-corrected chi connectivity index (χ2v) is 3.83. The number of hydrogen-bond donors (Lipinski definition) is 1. The molecule has 1 aromatic heterocycles. The molecule has 0 amide bonds. The van der Waals surface area contributed by atoms with Crippen LogP contribution in [0.25, 0.3) is 0 Å². The van der Waals surface area contributed by atoms with Gasteiger partial charge >= 0.3 is 0 Å². The standard InChI is InChI=1S/C10H17N3/c1-6(2)5-9-7(3)10(11)13-8(4)12-9/h6H,5H2,1-4H3,(H2,11,12,13).